The van der Waals surface area contributed by atoms with Crippen molar-refractivity contribution < 1.29 is 9.37 Å². The molecule has 6 heteroatoms. The molecule has 0 spiro atoms. The molecule has 1 aliphatic carbocycles. The van der Waals surface area contributed by atoms with Gasteiger partial charge < -0.3 is 15.5 Å². The Labute approximate surface area is 241 Å². The number of nitrogens with one attached hydrogen (secondary N) is 2. The first-order chi connectivity index (χ1) is 18.9. The summed E-state index contributed by atoms with van der Waals surface area (Å²) in [6, 6.07) is 13.9. The zero-order valence-electron chi connectivity index (χ0n) is 25.5. The van der Waals surface area contributed by atoms with Crippen molar-refractivity contribution in [3.05, 3.63) is 99.8 Å². The van der Waals surface area contributed by atoms with Crippen LogP contribution in [0.1, 0.15) is 35.6 Å². The van der Waals surface area contributed by atoms with E-state index in [2.05, 4.69) is 130 Å². The fourth-order valence-electron chi connectivity index (χ4n) is 5.52. The average Bonchev–Trinajstić information content (AvgIpc) is 2.91. The van der Waals surface area contributed by atoms with Crippen LogP contribution in [0.3, 0.4) is 0 Å². The minimum Gasteiger partial charge on any atom is -0.378 e. The van der Waals surface area contributed by atoms with Gasteiger partial charge in [0.1, 0.15) is 22.2 Å². The Morgan fingerprint density at radius 3 is 2.45 bits per heavy atom. The molecule has 2 aromatic carbocycles. The van der Waals surface area contributed by atoms with E-state index in [1.807, 2.05) is 0 Å². The molecule has 0 unspecified atom stereocenters. The number of benzene rings is 2. The van der Waals surface area contributed by atoms with Crippen molar-refractivity contribution in [3.63, 3.8) is 0 Å². The number of carbonyl (C=O) groups excluding carboxylic acids is 1. The largest absolute Gasteiger partial charge is 0.378 e. The maximum Gasteiger partial charge on any atom is 0.246 e. The predicted octanol–water partition coefficient (Wildman–Crippen LogP) is 4.71. The van der Waals surface area contributed by atoms with Crippen molar-refractivity contribution >= 4 is 36.1 Å². The topological polar surface area (TPSA) is 47.4 Å². The van der Waals surface area contributed by atoms with E-state index in [0.29, 0.717) is 12.1 Å². The van der Waals surface area contributed by atoms with Crippen LogP contribution in [0.4, 0.5) is 5.69 Å². The monoisotopic (exact) mass is 553 g/mol. The Morgan fingerprint density at radius 1 is 1.02 bits per heavy atom. The van der Waals surface area contributed by atoms with E-state index in [0.717, 1.165) is 19.5 Å². The summed E-state index contributed by atoms with van der Waals surface area (Å²) < 4.78 is 2.21. The minimum absolute atomic E-state index is 0.0742. The lowest BCUT2D eigenvalue weighted by Crippen LogP contribution is -2.49. The molecular formula is C34H45N4OSi+. The van der Waals surface area contributed by atoms with Gasteiger partial charge in [-0.25, -0.2) is 4.58 Å². The SMILES string of the molecule is C=C(C)C(=O)NCCCNCc1ccc(C)c(C2=C3C=CC(=[N+](C)C)C=C3[Si](C)(C)c3cc(N(C)C)ccc32)c1. The molecule has 2 aromatic rings. The molecule has 2 aliphatic rings. The van der Waals surface area contributed by atoms with Gasteiger partial charge >= 0.3 is 0 Å². The Hall–Kier alpha value is -3.48. The molecule has 0 atom stereocenters. The molecule has 0 bridgehead atoms. The number of carbonyl (C=O) groups is 1. The molecule has 0 saturated carbocycles. The molecule has 5 nitrogen and oxygen atoms in total. The number of amides is 1. The lowest BCUT2D eigenvalue weighted by molar-refractivity contribution is -0.462. The van der Waals surface area contributed by atoms with Crippen molar-refractivity contribution in [2.24, 2.45) is 0 Å². The normalized spacial score (nSPS) is 15.3. The maximum atomic E-state index is 11.7. The average molecular weight is 554 g/mol. The predicted molar refractivity (Wildman–Crippen MR) is 174 cm³/mol. The third kappa shape index (κ3) is 5.98. The zero-order chi connectivity index (χ0) is 29.2. The van der Waals surface area contributed by atoms with Gasteiger partial charge in [-0.15, -0.1) is 0 Å². The van der Waals surface area contributed by atoms with Crippen molar-refractivity contribution in [1.29, 1.82) is 0 Å². The van der Waals surface area contributed by atoms with Gasteiger partial charge in [-0.3, -0.25) is 4.79 Å². The van der Waals surface area contributed by atoms with Crippen LogP contribution in [0.15, 0.2) is 77.5 Å². The third-order valence-electron chi connectivity index (χ3n) is 8.03. The molecular weight excluding hydrogens is 508 g/mol. The van der Waals surface area contributed by atoms with Crippen LogP contribution in [0, 0.1) is 6.92 Å². The summed E-state index contributed by atoms with van der Waals surface area (Å²) in [4.78, 5) is 13.9. The molecule has 0 fully saturated rings. The smallest absolute Gasteiger partial charge is 0.246 e. The first kappa shape index (κ1) is 29.5. The number of aryl methyl sites for hydroxylation is 1. The Morgan fingerprint density at radius 2 is 1.77 bits per heavy atom. The van der Waals surface area contributed by atoms with E-state index in [4.69, 9.17) is 0 Å². The second-order valence-electron chi connectivity index (χ2n) is 12.0. The van der Waals surface area contributed by atoms with E-state index in [9.17, 15) is 4.79 Å². The van der Waals surface area contributed by atoms with Crippen LogP contribution in [0.5, 0.6) is 0 Å². The Kier molecular flexibility index (Phi) is 8.81. The molecule has 2 N–H and O–H groups in total. The molecule has 210 valence electrons. The highest BCUT2D eigenvalue weighted by atomic mass is 28.3. The second kappa shape index (κ2) is 11.9. The van der Waals surface area contributed by atoms with Gasteiger partial charge in [0.25, 0.3) is 0 Å². The van der Waals surface area contributed by atoms with Gasteiger partial charge in [0.2, 0.25) is 5.91 Å². The van der Waals surface area contributed by atoms with Gasteiger partial charge in [-0.05, 0) is 94.9 Å². The second-order valence-corrected chi connectivity index (χ2v) is 16.3. The molecule has 1 heterocycles. The maximum absolute atomic E-state index is 11.7. The number of rotatable bonds is 9. The molecule has 4 rings (SSSR count). The van der Waals surface area contributed by atoms with Crippen LogP contribution in [-0.4, -0.2) is 65.5 Å². The fraction of sp³-hybridized carbons (Fsp3) is 0.353. The molecule has 0 aromatic heterocycles. The number of hydrogen-bond acceptors (Lipinski definition) is 3. The standard InChI is InChI=1S/C34H44N4OSi/c1-23(2)34(39)36-18-10-17-35-22-25-12-11-24(3)30(19-25)33-28-15-13-26(37(4)5)20-31(28)40(8,9)32-21-27(38(6)7)14-16-29(32)33/h11-16,19-21,35H,1,10,17-18,22H2,2-9H3/p+1. The van der Waals surface area contributed by atoms with Crippen LogP contribution < -0.4 is 20.7 Å². The number of anilines is 1. The summed E-state index contributed by atoms with van der Waals surface area (Å²) in [7, 11) is 6.52. The molecule has 0 radical (unpaired) electrons. The summed E-state index contributed by atoms with van der Waals surface area (Å²) in [5, 5.41) is 9.46. The van der Waals surface area contributed by atoms with E-state index < -0.39 is 8.07 Å². The highest BCUT2D eigenvalue weighted by molar-refractivity contribution is 6.98. The van der Waals surface area contributed by atoms with E-state index in [1.165, 1.54) is 55.2 Å². The quantitative estimate of drug-likeness (QED) is 0.205. The Bertz CT molecular complexity index is 1470. The van der Waals surface area contributed by atoms with E-state index in [1.54, 1.807) is 6.92 Å². The minimum atomic E-state index is -1.96. The van der Waals surface area contributed by atoms with Crippen LogP contribution >= 0.6 is 0 Å². The lowest BCUT2D eigenvalue weighted by atomic mass is 9.86. The van der Waals surface area contributed by atoms with Crippen LogP contribution in [-0.2, 0) is 11.3 Å². The third-order valence-corrected chi connectivity index (χ3v) is 11.5. The van der Waals surface area contributed by atoms with Gasteiger partial charge in [0.05, 0.1) is 0 Å². The van der Waals surface area contributed by atoms with Crippen molar-refractivity contribution in [2.45, 2.75) is 39.9 Å². The van der Waals surface area contributed by atoms with Gasteiger partial charge in [0.15, 0.2) is 5.71 Å². The summed E-state index contributed by atoms with van der Waals surface area (Å²) in [5.41, 5.74) is 11.0. The number of nitrogens with zero attached hydrogens (tertiary/aromatic N) is 2. The van der Waals surface area contributed by atoms with Crippen molar-refractivity contribution in [1.82, 2.24) is 10.6 Å². The highest BCUT2D eigenvalue weighted by Crippen LogP contribution is 2.42. The highest BCUT2D eigenvalue weighted by Gasteiger charge is 2.40. The number of hydrogen-bond donors (Lipinski definition) is 2. The molecule has 40 heavy (non-hydrogen) atoms. The van der Waals surface area contributed by atoms with E-state index >= 15 is 0 Å². The fourth-order valence-corrected chi connectivity index (χ4v) is 8.59. The number of fused-ring (bicyclic) bond motifs is 2. The summed E-state index contributed by atoms with van der Waals surface area (Å²) in [6.45, 7) is 14.9. The van der Waals surface area contributed by atoms with Crippen molar-refractivity contribution in [3.8, 4) is 0 Å². The van der Waals surface area contributed by atoms with Gasteiger partial charge in [-0.2, -0.15) is 0 Å². The van der Waals surface area contributed by atoms with Gasteiger partial charge in [0, 0.05) is 50.6 Å². The summed E-state index contributed by atoms with van der Waals surface area (Å²) >= 11 is 0. The Balaban J connectivity index is 1.72. The molecule has 1 aliphatic heterocycles. The van der Waals surface area contributed by atoms with Crippen LogP contribution in [0.25, 0.3) is 5.57 Å². The molecule has 0 saturated heterocycles. The summed E-state index contributed by atoms with van der Waals surface area (Å²) in [5.74, 6) is -0.0742. The van der Waals surface area contributed by atoms with Crippen LogP contribution in [0.2, 0.25) is 13.1 Å². The zero-order valence-corrected chi connectivity index (χ0v) is 26.5. The molecule has 1 amide bonds. The first-order valence-corrected chi connectivity index (χ1v) is 17.2. The number of allylic oxidation sites excluding steroid dienone is 5. The van der Waals surface area contributed by atoms with Crippen molar-refractivity contribution in [2.75, 3.05) is 46.2 Å². The lowest BCUT2D eigenvalue weighted by Gasteiger charge is -2.38. The summed E-state index contributed by atoms with van der Waals surface area (Å²) in [6.07, 6.45) is 7.91. The van der Waals surface area contributed by atoms with E-state index in [-0.39, 0.29) is 5.91 Å². The first-order valence-electron chi connectivity index (χ1n) is 14.2. The van der Waals surface area contributed by atoms with Gasteiger partial charge in [-0.1, -0.05) is 37.9 Å².